The van der Waals surface area contributed by atoms with E-state index in [1.807, 2.05) is 10.9 Å². The number of imide groups is 2. The lowest BCUT2D eigenvalue weighted by molar-refractivity contribution is -0.136. The number of hydrogen-bond acceptors (Lipinski definition) is 7. The highest BCUT2D eigenvalue weighted by molar-refractivity contribution is 6.25. The summed E-state index contributed by atoms with van der Waals surface area (Å²) in [6.07, 6.45) is 6.30. The number of carbonyl (C=O) groups excluding carboxylic acids is 4. The number of halogens is 1. The molecule has 0 radical (unpaired) electrons. The number of piperidine rings is 2. The van der Waals surface area contributed by atoms with Crippen LogP contribution in [0.4, 0.5) is 5.69 Å². The third-order valence-corrected chi connectivity index (χ3v) is 7.44. The second-order valence-electron chi connectivity index (χ2n) is 10.0. The molecule has 2 aromatic rings. The Hall–Kier alpha value is -3.68. The molecule has 2 saturated heterocycles. The molecule has 4 amide bonds. The van der Waals surface area contributed by atoms with E-state index in [9.17, 15) is 19.2 Å². The predicted octanol–water partition coefficient (Wildman–Crippen LogP) is 2.00. The number of nitrogens with one attached hydrogen (secondary N) is 3. The van der Waals surface area contributed by atoms with Crippen LogP contribution in [-0.2, 0) is 16.1 Å². The Bertz CT molecular complexity index is 1370. The Balaban J connectivity index is 0.00000294. The van der Waals surface area contributed by atoms with Crippen molar-refractivity contribution in [3.63, 3.8) is 0 Å². The Morgan fingerprint density at radius 1 is 1.03 bits per heavy atom. The molecule has 3 aliphatic heterocycles. The number of carbonyl (C=O) groups is 4. The zero-order valence-corrected chi connectivity index (χ0v) is 21.6. The second kappa shape index (κ2) is 10.6. The van der Waals surface area contributed by atoms with Gasteiger partial charge in [-0.25, -0.2) is 0 Å². The van der Waals surface area contributed by atoms with Gasteiger partial charge in [0.2, 0.25) is 11.8 Å². The third-order valence-electron chi connectivity index (χ3n) is 7.44. The molecular weight excluding hydrogens is 508 g/mol. The van der Waals surface area contributed by atoms with E-state index in [0.717, 1.165) is 54.9 Å². The summed E-state index contributed by atoms with van der Waals surface area (Å²) in [5.74, 6) is 5.12. The first-order valence-corrected chi connectivity index (χ1v) is 12.9. The van der Waals surface area contributed by atoms with Gasteiger partial charge in [-0.2, -0.15) is 5.10 Å². The zero-order valence-electron chi connectivity index (χ0n) is 20.8. The molecule has 0 bridgehead atoms. The molecular formula is C27H29ClN6O4. The molecule has 6 rings (SSSR count). The largest absolute Gasteiger partial charge is 0.380 e. The van der Waals surface area contributed by atoms with Crippen molar-refractivity contribution < 1.29 is 19.2 Å². The number of rotatable bonds is 5. The molecule has 3 N–H and O–H groups in total. The average Bonchev–Trinajstić information content (AvgIpc) is 3.59. The van der Waals surface area contributed by atoms with Gasteiger partial charge in [0.15, 0.2) is 0 Å². The van der Waals surface area contributed by atoms with Crippen molar-refractivity contribution in [2.45, 2.75) is 57.2 Å². The fourth-order valence-corrected chi connectivity index (χ4v) is 5.24. The van der Waals surface area contributed by atoms with Gasteiger partial charge in [0.05, 0.1) is 23.4 Å². The fourth-order valence-electron chi connectivity index (χ4n) is 5.24. The molecule has 38 heavy (non-hydrogen) atoms. The Morgan fingerprint density at radius 2 is 1.82 bits per heavy atom. The van der Waals surface area contributed by atoms with Crippen LogP contribution >= 0.6 is 12.4 Å². The highest BCUT2D eigenvalue weighted by Gasteiger charge is 2.45. The van der Waals surface area contributed by atoms with Gasteiger partial charge in [-0.1, -0.05) is 12.0 Å². The second-order valence-corrected chi connectivity index (χ2v) is 10.0. The van der Waals surface area contributed by atoms with E-state index in [0.29, 0.717) is 24.2 Å². The summed E-state index contributed by atoms with van der Waals surface area (Å²) in [6, 6.07) is 4.36. The maximum absolute atomic E-state index is 13.4. The van der Waals surface area contributed by atoms with Gasteiger partial charge < -0.3 is 10.6 Å². The SMILES string of the molecule is Cl.O=C1CCC(N2C(=O)c3cccc(NCc4cnn(C5CCNCC5)c4C#CC4CC4)c3C2=O)C(=O)N1. The highest BCUT2D eigenvalue weighted by atomic mass is 35.5. The van der Waals surface area contributed by atoms with Gasteiger partial charge in [-0.15, -0.1) is 12.4 Å². The van der Waals surface area contributed by atoms with Gasteiger partial charge in [0.25, 0.3) is 11.8 Å². The molecule has 1 aromatic heterocycles. The maximum atomic E-state index is 13.4. The highest BCUT2D eigenvalue weighted by Crippen LogP contribution is 2.33. The van der Waals surface area contributed by atoms with Crippen molar-refractivity contribution in [1.82, 2.24) is 25.3 Å². The van der Waals surface area contributed by atoms with Crippen molar-refractivity contribution in [2.24, 2.45) is 5.92 Å². The van der Waals surface area contributed by atoms with Gasteiger partial charge in [-0.3, -0.25) is 34.1 Å². The minimum atomic E-state index is -0.995. The summed E-state index contributed by atoms with van der Waals surface area (Å²) in [7, 11) is 0. The number of amides is 4. The number of anilines is 1. The average molecular weight is 537 g/mol. The van der Waals surface area contributed by atoms with E-state index < -0.39 is 29.7 Å². The summed E-state index contributed by atoms with van der Waals surface area (Å²) >= 11 is 0. The van der Waals surface area contributed by atoms with Crippen LogP contribution in [0.3, 0.4) is 0 Å². The van der Waals surface area contributed by atoms with Crippen molar-refractivity contribution >= 4 is 41.7 Å². The first-order chi connectivity index (χ1) is 18.0. The van der Waals surface area contributed by atoms with Gasteiger partial charge >= 0.3 is 0 Å². The van der Waals surface area contributed by atoms with Crippen LogP contribution in [0.5, 0.6) is 0 Å². The Kier molecular flexibility index (Phi) is 7.23. The topological polar surface area (TPSA) is 125 Å². The number of benzene rings is 1. The monoisotopic (exact) mass is 536 g/mol. The molecule has 11 heteroatoms. The van der Waals surface area contributed by atoms with Crippen LogP contribution in [0, 0.1) is 17.8 Å². The van der Waals surface area contributed by atoms with Crippen molar-refractivity contribution in [3.8, 4) is 11.8 Å². The molecule has 4 heterocycles. The number of fused-ring (bicyclic) bond motifs is 1. The number of nitrogens with zero attached hydrogens (tertiary/aromatic N) is 3. The molecule has 198 valence electrons. The zero-order chi connectivity index (χ0) is 25.5. The molecule has 4 aliphatic rings. The molecule has 0 spiro atoms. The minimum Gasteiger partial charge on any atom is -0.380 e. The first kappa shape index (κ1) is 25.9. The summed E-state index contributed by atoms with van der Waals surface area (Å²) in [4.78, 5) is 51.4. The molecule has 1 aromatic carbocycles. The Labute approximate surface area is 226 Å². The van der Waals surface area contributed by atoms with Crippen LogP contribution in [0.2, 0.25) is 0 Å². The maximum Gasteiger partial charge on any atom is 0.264 e. The Morgan fingerprint density at radius 3 is 2.55 bits per heavy atom. The van der Waals surface area contributed by atoms with E-state index >= 15 is 0 Å². The van der Waals surface area contributed by atoms with Crippen LogP contribution in [-0.4, -0.2) is 57.4 Å². The molecule has 1 unspecified atom stereocenters. The lowest BCUT2D eigenvalue weighted by atomic mass is 10.0. The summed E-state index contributed by atoms with van der Waals surface area (Å²) < 4.78 is 2.04. The standard InChI is InChI=1S/C27H28N6O4.ClH/c34-23-9-8-22(25(35)31-23)32-26(36)19-2-1-3-20(24(19)27(32)37)29-14-17-15-30-33(18-10-12-28-13-11-18)21(17)7-6-16-4-5-16;/h1-3,15-16,18,22,28-29H,4-5,8-14H2,(H,31,34,35);1H. The van der Waals surface area contributed by atoms with Gasteiger partial charge in [-0.05, 0) is 63.2 Å². The normalized spacial score (nSPS) is 21.4. The van der Waals surface area contributed by atoms with Crippen LogP contribution < -0.4 is 16.0 Å². The predicted molar refractivity (Wildman–Crippen MR) is 141 cm³/mol. The van der Waals surface area contributed by atoms with Gasteiger partial charge in [0, 0.05) is 30.1 Å². The lowest BCUT2D eigenvalue weighted by Gasteiger charge is -2.27. The molecule has 1 saturated carbocycles. The van der Waals surface area contributed by atoms with E-state index in [-0.39, 0.29) is 36.4 Å². The molecule has 10 nitrogen and oxygen atoms in total. The van der Waals surface area contributed by atoms with Crippen LogP contribution in [0.1, 0.15) is 76.5 Å². The van der Waals surface area contributed by atoms with E-state index in [4.69, 9.17) is 0 Å². The lowest BCUT2D eigenvalue weighted by Crippen LogP contribution is -2.54. The molecule has 3 fully saturated rings. The summed E-state index contributed by atoms with van der Waals surface area (Å²) in [5, 5.41) is 13.6. The summed E-state index contributed by atoms with van der Waals surface area (Å²) in [5.41, 5.74) is 2.84. The smallest absolute Gasteiger partial charge is 0.264 e. The van der Waals surface area contributed by atoms with Crippen molar-refractivity contribution in [2.75, 3.05) is 18.4 Å². The van der Waals surface area contributed by atoms with Crippen LogP contribution in [0.15, 0.2) is 24.4 Å². The van der Waals surface area contributed by atoms with E-state index in [1.165, 1.54) is 0 Å². The fraction of sp³-hybridized carbons (Fsp3) is 0.444. The van der Waals surface area contributed by atoms with Gasteiger partial charge in [0.1, 0.15) is 11.7 Å². The van der Waals surface area contributed by atoms with Crippen molar-refractivity contribution in [3.05, 3.63) is 46.8 Å². The number of hydrogen-bond donors (Lipinski definition) is 3. The third kappa shape index (κ3) is 4.79. The number of aromatic nitrogens is 2. The molecule has 1 aliphatic carbocycles. The van der Waals surface area contributed by atoms with Crippen molar-refractivity contribution in [1.29, 1.82) is 0 Å². The van der Waals surface area contributed by atoms with Crippen LogP contribution in [0.25, 0.3) is 0 Å². The van der Waals surface area contributed by atoms with E-state index in [2.05, 4.69) is 32.9 Å². The minimum absolute atomic E-state index is 0. The first-order valence-electron chi connectivity index (χ1n) is 12.9. The summed E-state index contributed by atoms with van der Waals surface area (Å²) in [6.45, 7) is 2.28. The van der Waals surface area contributed by atoms with E-state index in [1.54, 1.807) is 18.2 Å². The quantitative estimate of drug-likeness (QED) is 0.394. The molecule has 1 atom stereocenters.